The number of unbranched alkanes of at least 4 members (excludes halogenated alkanes) is 1. The Balaban J connectivity index is 2.71. The molecular formula is C10H10N2S. The van der Waals surface area contributed by atoms with Crippen molar-refractivity contribution in [1.82, 2.24) is 0 Å². The summed E-state index contributed by atoms with van der Waals surface area (Å²) in [6.07, 6.45) is 2.27. The number of aryl methyl sites for hydroxylation is 1. The van der Waals surface area contributed by atoms with Crippen molar-refractivity contribution in [3.8, 4) is 12.1 Å². The highest BCUT2D eigenvalue weighted by Gasteiger charge is 2.06. The van der Waals surface area contributed by atoms with Crippen molar-refractivity contribution in [2.24, 2.45) is 0 Å². The van der Waals surface area contributed by atoms with E-state index in [-0.39, 0.29) is 0 Å². The highest BCUT2D eigenvalue weighted by Crippen LogP contribution is 2.22. The van der Waals surface area contributed by atoms with Gasteiger partial charge in [-0.25, -0.2) is 0 Å². The minimum Gasteiger partial charge on any atom is -0.198 e. The summed E-state index contributed by atoms with van der Waals surface area (Å²) in [6.45, 7) is 2.01. The lowest BCUT2D eigenvalue weighted by molar-refractivity contribution is 0.847. The summed E-state index contributed by atoms with van der Waals surface area (Å²) in [5.74, 6) is 0. The first-order valence-electron chi connectivity index (χ1n) is 4.13. The first-order chi connectivity index (χ1) is 6.29. The van der Waals surface area contributed by atoms with Crippen LogP contribution in [0.15, 0.2) is 5.38 Å². The van der Waals surface area contributed by atoms with Crippen molar-refractivity contribution in [2.45, 2.75) is 26.2 Å². The van der Waals surface area contributed by atoms with Gasteiger partial charge in [0.1, 0.15) is 10.9 Å². The molecule has 0 aromatic carbocycles. The predicted molar refractivity (Wildman–Crippen MR) is 52.3 cm³/mol. The molecule has 1 rings (SSSR count). The number of nitrogens with zero attached hydrogens (tertiary/aromatic N) is 2. The van der Waals surface area contributed by atoms with Gasteiger partial charge >= 0.3 is 0 Å². The van der Waals surface area contributed by atoms with Crippen molar-refractivity contribution in [1.29, 1.82) is 10.5 Å². The second kappa shape index (κ2) is 4.64. The summed E-state index contributed by atoms with van der Waals surface area (Å²) in [6, 6.07) is 4.29. The summed E-state index contributed by atoms with van der Waals surface area (Å²) < 4.78 is 0. The minimum atomic E-state index is 0.570. The molecule has 0 aliphatic rings. The van der Waals surface area contributed by atoms with E-state index < -0.39 is 0 Å². The smallest absolute Gasteiger partial charge is 0.110 e. The molecular weight excluding hydrogens is 180 g/mol. The number of rotatable bonds is 3. The molecule has 0 amide bonds. The van der Waals surface area contributed by atoms with Gasteiger partial charge in [0, 0.05) is 6.42 Å². The molecule has 66 valence electrons. The summed E-state index contributed by atoms with van der Waals surface area (Å²) in [7, 11) is 0. The molecule has 0 N–H and O–H groups in total. The molecule has 0 atom stereocenters. The van der Waals surface area contributed by atoms with Crippen LogP contribution in [-0.2, 0) is 6.42 Å². The number of thiophene rings is 1. The molecule has 13 heavy (non-hydrogen) atoms. The van der Waals surface area contributed by atoms with Crippen molar-refractivity contribution in [3.63, 3.8) is 0 Å². The fourth-order valence-electron chi connectivity index (χ4n) is 1.22. The first kappa shape index (κ1) is 9.77. The molecule has 0 unspecified atom stereocenters. The van der Waals surface area contributed by atoms with Crippen LogP contribution in [0, 0.1) is 29.6 Å². The van der Waals surface area contributed by atoms with Crippen molar-refractivity contribution in [3.05, 3.63) is 21.4 Å². The number of nitriles is 2. The van der Waals surface area contributed by atoms with Crippen molar-refractivity contribution in [2.75, 3.05) is 0 Å². The molecule has 0 spiro atoms. The summed E-state index contributed by atoms with van der Waals surface area (Å²) >= 11 is 1.49. The van der Waals surface area contributed by atoms with E-state index in [9.17, 15) is 0 Å². The van der Waals surface area contributed by atoms with Crippen LogP contribution in [-0.4, -0.2) is 0 Å². The summed E-state index contributed by atoms with van der Waals surface area (Å²) in [4.78, 5) is 0.801. The lowest BCUT2D eigenvalue weighted by Crippen LogP contribution is -1.87. The molecule has 0 aliphatic heterocycles. The zero-order valence-electron chi connectivity index (χ0n) is 7.50. The molecule has 1 heterocycles. The monoisotopic (exact) mass is 190 g/mol. The lowest BCUT2D eigenvalue weighted by atomic mass is 10.1. The van der Waals surface area contributed by atoms with Gasteiger partial charge in [0.15, 0.2) is 0 Å². The SMILES string of the molecule is Cc1csc(C#N)c1CCCC#N. The second-order valence-corrected chi connectivity index (χ2v) is 3.73. The maximum atomic E-state index is 8.78. The zero-order chi connectivity index (χ0) is 9.68. The zero-order valence-corrected chi connectivity index (χ0v) is 8.32. The van der Waals surface area contributed by atoms with E-state index in [1.54, 1.807) is 0 Å². The molecule has 0 aliphatic carbocycles. The molecule has 1 aromatic heterocycles. The van der Waals surface area contributed by atoms with Gasteiger partial charge in [0.05, 0.1) is 6.07 Å². The van der Waals surface area contributed by atoms with E-state index in [0.717, 1.165) is 23.3 Å². The van der Waals surface area contributed by atoms with Gasteiger partial charge < -0.3 is 0 Å². The highest BCUT2D eigenvalue weighted by atomic mass is 32.1. The van der Waals surface area contributed by atoms with E-state index >= 15 is 0 Å². The van der Waals surface area contributed by atoms with E-state index in [0.29, 0.717) is 6.42 Å². The summed E-state index contributed by atoms with van der Waals surface area (Å²) in [5, 5.41) is 19.2. The first-order valence-corrected chi connectivity index (χ1v) is 5.01. The maximum Gasteiger partial charge on any atom is 0.110 e. The average molecular weight is 190 g/mol. The van der Waals surface area contributed by atoms with Crippen LogP contribution in [0.25, 0.3) is 0 Å². The van der Waals surface area contributed by atoms with Gasteiger partial charge in [-0.1, -0.05) is 0 Å². The minimum absolute atomic E-state index is 0.570. The third-order valence-corrected chi connectivity index (χ3v) is 2.97. The fourth-order valence-corrected chi connectivity index (χ4v) is 2.11. The van der Waals surface area contributed by atoms with Crippen LogP contribution in [0.5, 0.6) is 0 Å². The molecule has 1 aromatic rings. The molecule has 3 heteroatoms. The third-order valence-electron chi connectivity index (χ3n) is 1.92. The van der Waals surface area contributed by atoms with Gasteiger partial charge in [-0.2, -0.15) is 10.5 Å². The normalized spacial score (nSPS) is 9.15. The van der Waals surface area contributed by atoms with Gasteiger partial charge in [-0.3, -0.25) is 0 Å². The number of hydrogen-bond acceptors (Lipinski definition) is 3. The maximum absolute atomic E-state index is 8.78. The van der Waals surface area contributed by atoms with Crippen LogP contribution in [0.1, 0.15) is 28.8 Å². The quantitative estimate of drug-likeness (QED) is 0.688. The second-order valence-electron chi connectivity index (χ2n) is 2.85. The van der Waals surface area contributed by atoms with Crippen LogP contribution in [0.3, 0.4) is 0 Å². The molecule has 0 saturated carbocycles. The van der Waals surface area contributed by atoms with Crippen LogP contribution in [0.2, 0.25) is 0 Å². The Morgan fingerprint density at radius 3 is 2.85 bits per heavy atom. The van der Waals surface area contributed by atoms with Crippen LogP contribution < -0.4 is 0 Å². The highest BCUT2D eigenvalue weighted by molar-refractivity contribution is 7.10. The van der Waals surface area contributed by atoms with Gasteiger partial charge in [-0.15, -0.1) is 11.3 Å². The van der Waals surface area contributed by atoms with Crippen molar-refractivity contribution < 1.29 is 0 Å². The van der Waals surface area contributed by atoms with Crippen molar-refractivity contribution >= 4 is 11.3 Å². The Labute approximate surface area is 82.0 Å². The molecule has 0 fully saturated rings. The fraction of sp³-hybridized carbons (Fsp3) is 0.400. The van der Waals surface area contributed by atoms with Gasteiger partial charge in [0.25, 0.3) is 0 Å². The van der Waals surface area contributed by atoms with Gasteiger partial charge in [-0.05, 0) is 36.3 Å². The van der Waals surface area contributed by atoms with E-state index in [1.165, 1.54) is 16.9 Å². The number of hydrogen-bond donors (Lipinski definition) is 0. The van der Waals surface area contributed by atoms with E-state index in [1.807, 2.05) is 12.3 Å². The lowest BCUT2D eigenvalue weighted by Gasteiger charge is -1.97. The van der Waals surface area contributed by atoms with Crippen LogP contribution in [0.4, 0.5) is 0 Å². The third kappa shape index (κ3) is 2.31. The molecule has 0 saturated heterocycles. The van der Waals surface area contributed by atoms with E-state index in [2.05, 4.69) is 12.1 Å². The standard InChI is InChI=1S/C10H10N2S/c1-8-7-13-10(6-12)9(8)4-2-3-5-11/h7H,2-4H2,1H3. The molecule has 2 nitrogen and oxygen atoms in total. The predicted octanol–water partition coefficient (Wildman–Crippen LogP) is 2.77. The Morgan fingerprint density at radius 1 is 1.46 bits per heavy atom. The summed E-state index contributed by atoms with van der Waals surface area (Å²) in [5.41, 5.74) is 2.31. The molecule has 0 bridgehead atoms. The topological polar surface area (TPSA) is 47.6 Å². The Kier molecular flexibility index (Phi) is 3.49. The average Bonchev–Trinajstić information content (AvgIpc) is 2.48. The van der Waals surface area contributed by atoms with E-state index in [4.69, 9.17) is 10.5 Å². The van der Waals surface area contributed by atoms with Crippen LogP contribution >= 0.6 is 11.3 Å². The largest absolute Gasteiger partial charge is 0.198 e. The Hall–Kier alpha value is -1.32. The molecule has 0 radical (unpaired) electrons. The van der Waals surface area contributed by atoms with Gasteiger partial charge in [0.2, 0.25) is 0 Å². The Bertz CT molecular complexity index is 365. The Morgan fingerprint density at radius 2 is 2.23 bits per heavy atom.